The molecule has 0 fully saturated rings. The maximum absolute atomic E-state index is 12.7. The number of halogens is 3. The molecule has 0 aliphatic heterocycles. The second-order valence-electron chi connectivity index (χ2n) is 4.69. The fourth-order valence-corrected chi connectivity index (χ4v) is 4.17. The van der Waals surface area contributed by atoms with Crippen molar-refractivity contribution < 1.29 is 26.1 Å². The molecule has 0 spiro atoms. The molecule has 0 bridgehead atoms. The van der Waals surface area contributed by atoms with Crippen molar-refractivity contribution in [2.75, 3.05) is 0 Å². The molecule has 0 aromatic carbocycles. The summed E-state index contributed by atoms with van der Waals surface area (Å²) in [6.45, 7) is 2.59. The Balaban J connectivity index is 1.85. The van der Waals surface area contributed by atoms with E-state index >= 15 is 0 Å². The van der Waals surface area contributed by atoms with Crippen LogP contribution in [0.25, 0.3) is 4.96 Å². The number of hydrogen-bond acceptors (Lipinski definition) is 8. The lowest BCUT2D eigenvalue weighted by Gasteiger charge is -2.04. The summed E-state index contributed by atoms with van der Waals surface area (Å²) in [5.41, 5.74) is 0.178. The van der Waals surface area contributed by atoms with Crippen LogP contribution < -0.4 is 4.72 Å². The van der Waals surface area contributed by atoms with Crippen molar-refractivity contribution in [1.82, 2.24) is 29.7 Å². The summed E-state index contributed by atoms with van der Waals surface area (Å²) in [6, 6.07) is 0. The number of aryl methyl sites for hydroxylation is 2. The molecule has 0 unspecified atom stereocenters. The predicted molar refractivity (Wildman–Crippen MR) is 73.7 cm³/mol. The largest absolute Gasteiger partial charge is 0.453 e. The molecule has 1 N–H and O–H groups in total. The molecule has 0 radical (unpaired) electrons. The van der Waals surface area contributed by atoms with Crippen LogP contribution in [0.15, 0.2) is 9.42 Å². The molecular formula is C10H9F3N6O3S2. The number of alkyl halides is 3. The average molecular weight is 382 g/mol. The van der Waals surface area contributed by atoms with E-state index in [0.29, 0.717) is 4.52 Å². The Bertz CT molecular complexity index is 984. The molecule has 0 atom stereocenters. The maximum atomic E-state index is 12.7. The summed E-state index contributed by atoms with van der Waals surface area (Å²) in [5, 5.41) is 13.7. The van der Waals surface area contributed by atoms with Crippen LogP contribution in [0, 0.1) is 13.8 Å². The van der Waals surface area contributed by atoms with Gasteiger partial charge >= 0.3 is 6.18 Å². The van der Waals surface area contributed by atoms with E-state index in [1.54, 1.807) is 0 Å². The molecule has 3 rings (SSSR count). The van der Waals surface area contributed by atoms with Crippen LogP contribution in [0.3, 0.4) is 0 Å². The summed E-state index contributed by atoms with van der Waals surface area (Å²) in [7, 11) is -3.94. The van der Waals surface area contributed by atoms with Crippen LogP contribution in [0.4, 0.5) is 13.2 Å². The van der Waals surface area contributed by atoms with Crippen molar-refractivity contribution >= 4 is 26.3 Å². The number of hydrogen-bond donors (Lipinski definition) is 1. The Morgan fingerprint density at radius 3 is 2.58 bits per heavy atom. The third-order valence-electron chi connectivity index (χ3n) is 2.94. The Morgan fingerprint density at radius 1 is 1.29 bits per heavy atom. The number of sulfonamides is 1. The Hall–Kier alpha value is -2.06. The van der Waals surface area contributed by atoms with Crippen molar-refractivity contribution in [2.24, 2.45) is 0 Å². The van der Waals surface area contributed by atoms with E-state index in [2.05, 4.69) is 25.2 Å². The fourth-order valence-electron chi connectivity index (χ4n) is 1.99. The van der Waals surface area contributed by atoms with Gasteiger partial charge in [0.1, 0.15) is 15.6 Å². The minimum Gasteiger partial charge on any atom is -0.360 e. The Kier molecular flexibility index (Phi) is 3.84. The van der Waals surface area contributed by atoms with Crippen molar-refractivity contribution in [2.45, 2.75) is 31.5 Å². The number of aromatic nitrogens is 5. The molecule has 0 aliphatic rings. The van der Waals surface area contributed by atoms with Crippen LogP contribution in [0.5, 0.6) is 0 Å². The number of rotatable bonds is 4. The van der Waals surface area contributed by atoms with Crippen LogP contribution in [-0.2, 0) is 22.7 Å². The molecule has 3 heterocycles. The van der Waals surface area contributed by atoms with Gasteiger partial charge in [-0.1, -0.05) is 16.5 Å². The molecule has 0 amide bonds. The third kappa shape index (κ3) is 2.87. The first-order valence-corrected chi connectivity index (χ1v) is 8.60. The lowest BCUT2D eigenvalue weighted by molar-refractivity contribution is -0.146. The monoisotopic (exact) mass is 382 g/mol. The molecule has 130 valence electrons. The van der Waals surface area contributed by atoms with Gasteiger partial charge in [-0.3, -0.25) is 0 Å². The van der Waals surface area contributed by atoms with E-state index in [-0.39, 0.29) is 32.9 Å². The summed E-state index contributed by atoms with van der Waals surface area (Å²) >= 11 is 0.793. The smallest absolute Gasteiger partial charge is 0.360 e. The van der Waals surface area contributed by atoms with Gasteiger partial charge in [0.05, 0.1) is 6.54 Å². The summed E-state index contributed by atoms with van der Waals surface area (Å²) < 4.78 is 70.2. The highest BCUT2D eigenvalue weighted by molar-refractivity contribution is 7.89. The first-order valence-electron chi connectivity index (χ1n) is 6.30. The topological polar surface area (TPSA) is 115 Å². The van der Waals surface area contributed by atoms with Crippen molar-refractivity contribution in [3.8, 4) is 0 Å². The van der Waals surface area contributed by atoms with Crippen LogP contribution in [0.2, 0.25) is 0 Å². The molecule has 0 aliphatic carbocycles. The van der Waals surface area contributed by atoms with E-state index in [1.165, 1.54) is 13.8 Å². The van der Waals surface area contributed by atoms with Crippen molar-refractivity contribution in [3.63, 3.8) is 0 Å². The third-order valence-corrected chi connectivity index (χ3v) is 5.48. The molecule has 3 aromatic rings. The quantitative estimate of drug-likeness (QED) is 0.723. The lowest BCUT2D eigenvalue weighted by Crippen LogP contribution is -2.24. The summed E-state index contributed by atoms with van der Waals surface area (Å²) in [4.78, 5) is -0.199. The Labute approximate surface area is 136 Å². The van der Waals surface area contributed by atoms with Gasteiger partial charge in [0.15, 0.2) is 5.76 Å². The highest BCUT2D eigenvalue weighted by Gasteiger charge is 2.38. The lowest BCUT2D eigenvalue weighted by atomic mass is 10.4. The van der Waals surface area contributed by atoms with Gasteiger partial charge < -0.3 is 4.52 Å². The SMILES string of the molecule is Cc1noc(C)c1S(=O)(=O)NCc1nn2c(C(F)(F)F)nnc2s1. The standard InChI is InChI=1S/C10H9F3N6O3S2/c1-4-7(5(2)22-18-4)24(20,21)14-3-6-17-19-8(10(11,12)13)15-16-9(19)23-6/h14H,3H2,1-2H3. The molecule has 0 saturated carbocycles. The van der Waals surface area contributed by atoms with E-state index in [4.69, 9.17) is 4.52 Å². The van der Waals surface area contributed by atoms with Gasteiger partial charge in [-0.15, -0.1) is 10.2 Å². The molecule has 24 heavy (non-hydrogen) atoms. The minimum atomic E-state index is -4.71. The van der Waals surface area contributed by atoms with Gasteiger partial charge in [0.2, 0.25) is 15.0 Å². The zero-order valence-corrected chi connectivity index (χ0v) is 13.8. The van der Waals surface area contributed by atoms with Gasteiger partial charge in [-0.05, 0) is 13.8 Å². The second-order valence-corrected chi connectivity index (χ2v) is 7.43. The highest BCUT2D eigenvalue weighted by atomic mass is 32.2. The fraction of sp³-hybridized carbons (Fsp3) is 0.400. The first-order chi connectivity index (χ1) is 11.1. The van der Waals surface area contributed by atoms with Gasteiger partial charge in [0.25, 0.3) is 5.82 Å². The molecule has 0 saturated heterocycles. The van der Waals surface area contributed by atoms with E-state index in [0.717, 1.165) is 11.3 Å². The molecular weight excluding hydrogens is 373 g/mol. The average Bonchev–Trinajstić information content (AvgIpc) is 3.09. The van der Waals surface area contributed by atoms with E-state index in [1.807, 2.05) is 0 Å². The highest BCUT2D eigenvalue weighted by Crippen LogP contribution is 2.29. The predicted octanol–water partition coefficient (Wildman–Crippen LogP) is 1.29. The zero-order valence-electron chi connectivity index (χ0n) is 12.1. The second kappa shape index (κ2) is 5.49. The zero-order chi connectivity index (χ0) is 17.7. The molecule has 3 aromatic heterocycles. The van der Waals surface area contributed by atoms with Gasteiger partial charge in [-0.2, -0.15) is 22.8 Å². The van der Waals surface area contributed by atoms with Crippen molar-refractivity contribution in [1.29, 1.82) is 0 Å². The Morgan fingerprint density at radius 2 is 2.00 bits per heavy atom. The maximum Gasteiger partial charge on any atom is 0.453 e. The molecule has 9 nitrogen and oxygen atoms in total. The first kappa shape index (κ1) is 16.8. The van der Waals surface area contributed by atoms with Gasteiger partial charge in [-0.25, -0.2) is 13.1 Å². The number of nitrogens with zero attached hydrogens (tertiary/aromatic N) is 5. The van der Waals surface area contributed by atoms with Crippen LogP contribution in [-0.4, -0.2) is 33.4 Å². The number of nitrogens with one attached hydrogen (secondary N) is 1. The van der Waals surface area contributed by atoms with Crippen LogP contribution >= 0.6 is 11.3 Å². The number of fused-ring (bicyclic) bond motifs is 1. The molecule has 14 heteroatoms. The van der Waals surface area contributed by atoms with Gasteiger partial charge in [0, 0.05) is 0 Å². The summed E-state index contributed by atoms with van der Waals surface area (Å²) in [6.07, 6.45) is -4.71. The van der Waals surface area contributed by atoms with E-state index < -0.39 is 22.0 Å². The van der Waals surface area contributed by atoms with Crippen LogP contribution in [0.1, 0.15) is 22.3 Å². The van der Waals surface area contributed by atoms with Crippen molar-refractivity contribution in [3.05, 3.63) is 22.3 Å². The summed E-state index contributed by atoms with van der Waals surface area (Å²) in [5.74, 6) is -1.16. The minimum absolute atomic E-state index is 0.0890. The normalized spacial score (nSPS) is 13.0. The van der Waals surface area contributed by atoms with E-state index in [9.17, 15) is 21.6 Å².